The first kappa shape index (κ1) is 24.3. The number of pyridine rings is 2. The van der Waals surface area contributed by atoms with E-state index in [1.54, 1.807) is 0 Å². The van der Waals surface area contributed by atoms with Gasteiger partial charge in [-0.2, -0.15) is 18.4 Å². The summed E-state index contributed by atoms with van der Waals surface area (Å²) in [7, 11) is -4.22. The van der Waals surface area contributed by atoms with Crippen LogP contribution in [0.5, 0.6) is 0 Å². The van der Waals surface area contributed by atoms with Gasteiger partial charge in [0.2, 0.25) is 0 Å². The summed E-state index contributed by atoms with van der Waals surface area (Å²) in [6.07, 6.45) is -5.35. The van der Waals surface area contributed by atoms with Crippen LogP contribution in [0.15, 0.2) is 29.4 Å². The Hall–Kier alpha value is -3.38. The highest BCUT2D eigenvalue weighted by Crippen LogP contribution is 2.36. The number of aromatic nitrogens is 2. The molecule has 0 aromatic carbocycles. The van der Waals surface area contributed by atoms with Crippen LogP contribution in [0.1, 0.15) is 34.5 Å². The van der Waals surface area contributed by atoms with Gasteiger partial charge in [0.25, 0.3) is 21.9 Å². The van der Waals surface area contributed by atoms with Crippen molar-refractivity contribution in [3.63, 3.8) is 0 Å². The molecule has 0 aliphatic carbocycles. The fraction of sp³-hybridized carbons (Fsp3) is 0.333. The maximum absolute atomic E-state index is 13.5. The second-order valence-electron chi connectivity index (χ2n) is 7.09. The average molecular weight is 490 g/mol. The number of nitrogens with zero attached hydrogens (tertiary/aromatic N) is 4. The topological polar surface area (TPSA) is 142 Å². The number of primary sulfonamides is 1. The lowest BCUT2D eigenvalue weighted by Gasteiger charge is -2.33. The molecule has 33 heavy (non-hydrogen) atoms. The van der Waals surface area contributed by atoms with Crippen LogP contribution in [-0.2, 0) is 16.2 Å². The molecule has 3 heterocycles. The van der Waals surface area contributed by atoms with E-state index in [9.17, 15) is 35.2 Å². The van der Waals surface area contributed by atoms with Gasteiger partial charge in [0.1, 0.15) is 11.9 Å². The Kier molecular flexibility index (Phi) is 6.27. The summed E-state index contributed by atoms with van der Waals surface area (Å²) in [5, 5.41) is 15.8. The summed E-state index contributed by atoms with van der Waals surface area (Å²) in [4.78, 5) is 21.0. The standard InChI is InChI=1S/C18H15F5N6O3S/c19-17(20)2-5-29(6-3-17)15-12(7-10(9-24)14(28-15)18(21,22)23)16(30)27-11-1-4-26-13(8-11)33(25,31)32/h1,4,7-8H,2-3,5-6H2,(H2,25,31,32)(H,26,27,30). The van der Waals surface area contributed by atoms with Crippen LogP contribution in [0, 0.1) is 11.3 Å². The lowest BCUT2D eigenvalue weighted by Crippen LogP contribution is -2.41. The predicted molar refractivity (Wildman–Crippen MR) is 104 cm³/mol. The largest absolute Gasteiger partial charge is 0.434 e. The van der Waals surface area contributed by atoms with Crippen molar-refractivity contribution >= 4 is 27.4 Å². The second kappa shape index (κ2) is 8.52. The number of nitrogens with two attached hydrogens (primary N) is 1. The van der Waals surface area contributed by atoms with E-state index >= 15 is 0 Å². The molecule has 2 aromatic rings. The van der Waals surface area contributed by atoms with Gasteiger partial charge in [0.05, 0.1) is 11.1 Å². The number of carbonyl (C=O) groups excluding carboxylic acids is 1. The van der Waals surface area contributed by atoms with E-state index in [0.717, 1.165) is 17.2 Å². The van der Waals surface area contributed by atoms with Gasteiger partial charge in [-0.1, -0.05) is 0 Å². The number of rotatable bonds is 4. The van der Waals surface area contributed by atoms with Crippen LogP contribution in [0.4, 0.5) is 33.5 Å². The van der Waals surface area contributed by atoms with Crippen LogP contribution >= 0.6 is 0 Å². The van der Waals surface area contributed by atoms with Crippen LogP contribution in [0.3, 0.4) is 0 Å². The van der Waals surface area contributed by atoms with Crippen molar-refractivity contribution in [2.45, 2.75) is 30.0 Å². The fourth-order valence-electron chi connectivity index (χ4n) is 3.10. The van der Waals surface area contributed by atoms with Gasteiger partial charge in [0.15, 0.2) is 10.7 Å². The Morgan fingerprint density at radius 1 is 1.24 bits per heavy atom. The van der Waals surface area contributed by atoms with Crippen molar-refractivity contribution in [1.29, 1.82) is 5.26 Å². The van der Waals surface area contributed by atoms with E-state index in [4.69, 9.17) is 10.4 Å². The van der Waals surface area contributed by atoms with Gasteiger partial charge < -0.3 is 10.2 Å². The molecule has 1 saturated heterocycles. The number of sulfonamides is 1. The molecule has 0 saturated carbocycles. The Balaban J connectivity index is 2.06. The Morgan fingerprint density at radius 3 is 2.42 bits per heavy atom. The number of hydrogen-bond acceptors (Lipinski definition) is 7. The SMILES string of the molecule is N#Cc1cc(C(=O)Nc2ccnc(S(N)(=O)=O)c2)c(N2CCC(F)(F)CC2)nc1C(F)(F)F. The monoisotopic (exact) mass is 490 g/mol. The van der Waals surface area contributed by atoms with Gasteiger partial charge in [0, 0.05) is 43.9 Å². The van der Waals surface area contributed by atoms with Crippen molar-refractivity contribution in [3.05, 3.63) is 41.2 Å². The summed E-state index contributed by atoms with van der Waals surface area (Å²) in [6, 6.07) is 4.09. The number of amides is 1. The summed E-state index contributed by atoms with van der Waals surface area (Å²) in [5.74, 6) is -4.60. The molecule has 1 aliphatic heterocycles. The maximum Gasteiger partial charge on any atom is 0.434 e. The predicted octanol–water partition coefficient (Wildman–Crippen LogP) is 2.50. The lowest BCUT2D eigenvalue weighted by molar-refractivity contribution is -0.141. The van der Waals surface area contributed by atoms with Crippen molar-refractivity contribution in [1.82, 2.24) is 9.97 Å². The lowest BCUT2D eigenvalue weighted by atomic mass is 10.0. The minimum atomic E-state index is -5.04. The number of carbonyl (C=O) groups is 1. The molecule has 0 spiro atoms. The molecule has 9 nitrogen and oxygen atoms in total. The molecule has 3 rings (SSSR count). The van der Waals surface area contributed by atoms with Gasteiger partial charge in [-0.15, -0.1) is 0 Å². The van der Waals surface area contributed by atoms with Gasteiger partial charge in [-0.05, 0) is 12.1 Å². The van der Waals surface area contributed by atoms with E-state index in [2.05, 4.69) is 15.3 Å². The average Bonchev–Trinajstić information content (AvgIpc) is 2.71. The zero-order chi connectivity index (χ0) is 24.6. The van der Waals surface area contributed by atoms with Crippen LogP contribution in [0.2, 0.25) is 0 Å². The highest BCUT2D eigenvalue weighted by atomic mass is 32.2. The minimum absolute atomic E-state index is 0.117. The fourth-order valence-corrected chi connectivity index (χ4v) is 3.60. The summed E-state index contributed by atoms with van der Waals surface area (Å²) < 4.78 is 90.2. The molecule has 1 aliphatic rings. The molecule has 1 fully saturated rings. The van der Waals surface area contributed by atoms with E-state index < -0.39 is 68.5 Å². The van der Waals surface area contributed by atoms with Crippen molar-refractivity contribution in [2.75, 3.05) is 23.3 Å². The molecule has 1 amide bonds. The summed E-state index contributed by atoms with van der Waals surface area (Å²) in [5.41, 5.74) is -3.11. The third kappa shape index (κ3) is 5.52. The highest BCUT2D eigenvalue weighted by molar-refractivity contribution is 7.89. The van der Waals surface area contributed by atoms with E-state index in [0.29, 0.717) is 6.07 Å². The van der Waals surface area contributed by atoms with Gasteiger partial charge in [-0.3, -0.25) is 4.79 Å². The van der Waals surface area contributed by atoms with Crippen LogP contribution in [-0.4, -0.2) is 43.3 Å². The molecule has 3 N–H and O–H groups in total. The maximum atomic E-state index is 13.5. The van der Waals surface area contributed by atoms with Crippen LogP contribution < -0.4 is 15.4 Å². The van der Waals surface area contributed by atoms with Crippen molar-refractivity contribution < 1.29 is 35.2 Å². The summed E-state index contributed by atoms with van der Waals surface area (Å²) >= 11 is 0. The van der Waals surface area contributed by atoms with E-state index in [1.807, 2.05) is 0 Å². The molecule has 15 heteroatoms. The molecule has 0 radical (unpaired) electrons. The molecule has 0 bridgehead atoms. The Morgan fingerprint density at radius 2 is 1.88 bits per heavy atom. The number of anilines is 2. The first-order valence-electron chi connectivity index (χ1n) is 9.16. The third-order valence-electron chi connectivity index (χ3n) is 4.71. The molecule has 2 aromatic heterocycles. The molecule has 0 atom stereocenters. The highest BCUT2D eigenvalue weighted by Gasteiger charge is 2.40. The molecule has 176 valence electrons. The quantitative estimate of drug-likeness (QED) is 0.627. The molecular formula is C18H15F5N6O3S. The Labute approximate surface area is 184 Å². The van der Waals surface area contributed by atoms with E-state index in [-0.39, 0.29) is 18.8 Å². The van der Waals surface area contributed by atoms with Gasteiger partial charge in [-0.25, -0.2) is 32.3 Å². The molecular weight excluding hydrogens is 475 g/mol. The smallest absolute Gasteiger partial charge is 0.355 e. The van der Waals surface area contributed by atoms with Crippen molar-refractivity contribution in [2.24, 2.45) is 5.14 Å². The molecule has 0 unspecified atom stereocenters. The Bertz CT molecular complexity index is 1230. The van der Waals surface area contributed by atoms with Crippen LogP contribution in [0.25, 0.3) is 0 Å². The van der Waals surface area contributed by atoms with Gasteiger partial charge >= 0.3 is 6.18 Å². The normalized spacial score (nSPS) is 16.2. The van der Waals surface area contributed by atoms with Crippen molar-refractivity contribution in [3.8, 4) is 6.07 Å². The zero-order valence-corrected chi connectivity index (χ0v) is 17.3. The zero-order valence-electron chi connectivity index (χ0n) is 16.5. The minimum Gasteiger partial charge on any atom is -0.355 e. The number of piperidine rings is 1. The number of hydrogen-bond donors (Lipinski definition) is 2. The number of nitrogens with one attached hydrogen (secondary N) is 1. The van der Waals surface area contributed by atoms with E-state index in [1.165, 1.54) is 12.1 Å². The number of nitriles is 1. The third-order valence-corrected chi connectivity index (χ3v) is 5.52. The number of alkyl halides is 5. The summed E-state index contributed by atoms with van der Waals surface area (Å²) in [6.45, 7) is -0.761. The number of halogens is 5. The first-order chi connectivity index (χ1) is 15.2. The second-order valence-corrected chi connectivity index (χ2v) is 8.60. The first-order valence-corrected chi connectivity index (χ1v) is 10.7.